The molecule has 24 heavy (non-hydrogen) atoms. The standard InChI is InChI=1S/C19H20N2O3/c22-15-4-1-13(2-5-15)9-11-20-12-10-14-3-7-17(23)19-16(14)6-8-18(24)21-19/h1-8,20,22-23H,9-12H2,(H,21,24). The molecule has 0 fully saturated rings. The second-order valence-corrected chi connectivity index (χ2v) is 5.77. The maximum absolute atomic E-state index is 11.4. The van der Waals surface area contributed by atoms with E-state index in [1.54, 1.807) is 24.3 Å². The minimum atomic E-state index is -0.220. The molecule has 1 aromatic heterocycles. The summed E-state index contributed by atoms with van der Waals surface area (Å²) in [4.78, 5) is 14.1. The number of H-pyrrole nitrogens is 1. The number of aromatic amines is 1. The van der Waals surface area contributed by atoms with Crippen LogP contribution in [0.4, 0.5) is 0 Å². The van der Waals surface area contributed by atoms with Crippen LogP contribution in [0.5, 0.6) is 11.5 Å². The van der Waals surface area contributed by atoms with Gasteiger partial charge >= 0.3 is 0 Å². The van der Waals surface area contributed by atoms with Gasteiger partial charge in [0.2, 0.25) is 5.56 Å². The summed E-state index contributed by atoms with van der Waals surface area (Å²) in [7, 11) is 0. The van der Waals surface area contributed by atoms with Gasteiger partial charge in [0.05, 0.1) is 5.52 Å². The molecule has 0 amide bonds. The van der Waals surface area contributed by atoms with Crippen LogP contribution in [0.2, 0.25) is 0 Å². The topological polar surface area (TPSA) is 85.3 Å². The normalized spacial score (nSPS) is 11.0. The molecule has 1 heterocycles. The molecule has 0 atom stereocenters. The number of aromatic hydroxyl groups is 2. The zero-order valence-electron chi connectivity index (χ0n) is 13.2. The highest BCUT2D eigenvalue weighted by Gasteiger charge is 2.06. The predicted molar refractivity (Wildman–Crippen MR) is 94.6 cm³/mol. The Morgan fingerprint density at radius 2 is 1.62 bits per heavy atom. The molecule has 5 nitrogen and oxygen atoms in total. The van der Waals surface area contributed by atoms with Crippen molar-refractivity contribution in [3.8, 4) is 11.5 Å². The second-order valence-electron chi connectivity index (χ2n) is 5.77. The van der Waals surface area contributed by atoms with Crippen molar-refractivity contribution < 1.29 is 10.2 Å². The summed E-state index contributed by atoms with van der Waals surface area (Å²) in [6.07, 6.45) is 1.70. The first-order valence-corrected chi connectivity index (χ1v) is 7.96. The number of hydrogen-bond acceptors (Lipinski definition) is 4. The highest BCUT2D eigenvalue weighted by molar-refractivity contribution is 5.87. The molecule has 4 N–H and O–H groups in total. The maximum atomic E-state index is 11.4. The van der Waals surface area contributed by atoms with Crippen molar-refractivity contribution in [2.75, 3.05) is 13.1 Å². The summed E-state index contributed by atoms with van der Waals surface area (Å²) in [6.45, 7) is 1.65. The minimum Gasteiger partial charge on any atom is -0.508 e. The van der Waals surface area contributed by atoms with Crippen LogP contribution < -0.4 is 10.9 Å². The smallest absolute Gasteiger partial charge is 0.248 e. The van der Waals surface area contributed by atoms with Crippen LogP contribution in [-0.4, -0.2) is 28.3 Å². The van der Waals surface area contributed by atoms with E-state index in [1.165, 1.54) is 11.6 Å². The van der Waals surface area contributed by atoms with Gasteiger partial charge in [-0.1, -0.05) is 18.2 Å². The molecule has 3 aromatic rings. The van der Waals surface area contributed by atoms with Gasteiger partial charge in [0.1, 0.15) is 11.5 Å². The highest BCUT2D eigenvalue weighted by Crippen LogP contribution is 2.24. The first kappa shape index (κ1) is 16.1. The summed E-state index contributed by atoms with van der Waals surface area (Å²) in [5.74, 6) is 0.371. The molecule has 124 valence electrons. The molecule has 0 aliphatic carbocycles. The van der Waals surface area contributed by atoms with Gasteiger partial charge in [-0.05, 0) is 61.3 Å². The summed E-state index contributed by atoms with van der Waals surface area (Å²) >= 11 is 0. The summed E-state index contributed by atoms with van der Waals surface area (Å²) in [6, 6.07) is 13.9. The van der Waals surface area contributed by atoms with Crippen LogP contribution in [-0.2, 0) is 12.8 Å². The molecule has 0 spiro atoms. The van der Waals surface area contributed by atoms with Crippen molar-refractivity contribution in [3.05, 3.63) is 70.0 Å². The molecule has 2 aromatic carbocycles. The van der Waals surface area contributed by atoms with Crippen LogP contribution >= 0.6 is 0 Å². The summed E-state index contributed by atoms with van der Waals surface area (Å²) in [5, 5.41) is 23.4. The number of hydrogen-bond donors (Lipinski definition) is 4. The van der Waals surface area contributed by atoms with Gasteiger partial charge in [0.15, 0.2) is 0 Å². The van der Waals surface area contributed by atoms with Crippen molar-refractivity contribution in [2.45, 2.75) is 12.8 Å². The molecule has 0 saturated carbocycles. The number of benzene rings is 2. The first-order chi connectivity index (χ1) is 11.6. The summed E-state index contributed by atoms with van der Waals surface area (Å²) < 4.78 is 0. The Labute approximate surface area is 139 Å². The van der Waals surface area contributed by atoms with E-state index in [9.17, 15) is 15.0 Å². The third-order valence-electron chi connectivity index (χ3n) is 4.06. The van der Waals surface area contributed by atoms with Gasteiger partial charge in [-0.2, -0.15) is 0 Å². The van der Waals surface area contributed by atoms with Crippen molar-refractivity contribution in [1.82, 2.24) is 10.3 Å². The quantitative estimate of drug-likeness (QED) is 0.524. The Hall–Kier alpha value is -2.79. The number of rotatable bonds is 6. The molecule has 5 heteroatoms. The van der Waals surface area contributed by atoms with Crippen molar-refractivity contribution in [1.29, 1.82) is 0 Å². The van der Waals surface area contributed by atoms with E-state index in [1.807, 2.05) is 18.2 Å². The summed E-state index contributed by atoms with van der Waals surface area (Å²) in [5.41, 5.74) is 2.52. The van der Waals surface area contributed by atoms with E-state index in [-0.39, 0.29) is 17.1 Å². The molecule has 3 rings (SSSR count). The SMILES string of the molecule is O=c1ccc2c(CCNCCc3ccc(O)cc3)ccc(O)c2[nH]1. The molecule has 0 bridgehead atoms. The second kappa shape index (κ2) is 7.19. The zero-order chi connectivity index (χ0) is 16.9. The van der Waals surface area contributed by atoms with Gasteiger partial charge < -0.3 is 20.5 Å². The van der Waals surface area contributed by atoms with Gasteiger partial charge in [0, 0.05) is 11.5 Å². The lowest BCUT2D eigenvalue weighted by molar-refractivity contribution is 0.475. The number of nitrogens with one attached hydrogen (secondary N) is 2. The van der Waals surface area contributed by atoms with Gasteiger partial charge in [0.25, 0.3) is 0 Å². The van der Waals surface area contributed by atoms with E-state index in [4.69, 9.17) is 0 Å². The molecule has 0 aliphatic rings. The Balaban J connectivity index is 1.57. The van der Waals surface area contributed by atoms with Gasteiger partial charge in [-0.15, -0.1) is 0 Å². The van der Waals surface area contributed by atoms with Crippen LogP contribution in [0.1, 0.15) is 11.1 Å². The van der Waals surface area contributed by atoms with E-state index < -0.39 is 0 Å². The van der Waals surface area contributed by atoms with Crippen molar-refractivity contribution in [2.24, 2.45) is 0 Å². The third kappa shape index (κ3) is 3.75. The Morgan fingerprint density at radius 1 is 0.875 bits per heavy atom. The third-order valence-corrected chi connectivity index (χ3v) is 4.06. The van der Waals surface area contributed by atoms with E-state index in [0.29, 0.717) is 5.52 Å². The number of phenols is 2. The minimum absolute atomic E-state index is 0.0896. The van der Waals surface area contributed by atoms with E-state index in [2.05, 4.69) is 10.3 Å². The monoisotopic (exact) mass is 324 g/mol. The lowest BCUT2D eigenvalue weighted by Gasteiger charge is -2.09. The average molecular weight is 324 g/mol. The number of fused-ring (bicyclic) bond motifs is 1. The van der Waals surface area contributed by atoms with E-state index in [0.717, 1.165) is 36.9 Å². The lowest BCUT2D eigenvalue weighted by Crippen LogP contribution is -2.20. The molecular weight excluding hydrogens is 304 g/mol. The molecule has 0 aliphatic heterocycles. The molecule has 0 radical (unpaired) electrons. The maximum Gasteiger partial charge on any atom is 0.248 e. The fourth-order valence-corrected chi connectivity index (χ4v) is 2.76. The Morgan fingerprint density at radius 3 is 2.42 bits per heavy atom. The van der Waals surface area contributed by atoms with Gasteiger partial charge in [-0.25, -0.2) is 0 Å². The fraction of sp³-hybridized carbons (Fsp3) is 0.211. The molecule has 0 unspecified atom stereocenters. The molecule has 0 saturated heterocycles. The lowest BCUT2D eigenvalue weighted by atomic mass is 10.0. The average Bonchev–Trinajstić information content (AvgIpc) is 2.58. The highest BCUT2D eigenvalue weighted by atomic mass is 16.3. The zero-order valence-corrected chi connectivity index (χ0v) is 13.2. The number of pyridine rings is 1. The molecular formula is C19H20N2O3. The van der Waals surface area contributed by atoms with E-state index >= 15 is 0 Å². The fourth-order valence-electron chi connectivity index (χ4n) is 2.76. The van der Waals surface area contributed by atoms with Crippen molar-refractivity contribution in [3.63, 3.8) is 0 Å². The van der Waals surface area contributed by atoms with Crippen LogP contribution in [0.25, 0.3) is 10.9 Å². The Bertz CT molecular complexity index is 885. The van der Waals surface area contributed by atoms with Crippen molar-refractivity contribution >= 4 is 10.9 Å². The van der Waals surface area contributed by atoms with Crippen LogP contribution in [0.3, 0.4) is 0 Å². The predicted octanol–water partition coefficient (Wildman–Crippen LogP) is 2.31. The first-order valence-electron chi connectivity index (χ1n) is 7.96. The number of phenolic OH excluding ortho intramolecular Hbond substituents is 2. The largest absolute Gasteiger partial charge is 0.508 e. The van der Waals surface area contributed by atoms with Crippen LogP contribution in [0.15, 0.2) is 53.3 Å². The number of aromatic nitrogens is 1. The van der Waals surface area contributed by atoms with Gasteiger partial charge in [-0.3, -0.25) is 4.79 Å². The Kier molecular flexibility index (Phi) is 4.82. The van der Waals surface area contributed by atoms with Crippen LogP contribution in [0, 0.1) is 0 Å².